The summed E-state index contributed by atoms with van der Waals surface area (Å²) < 4.78 is 5.37. The zero-order valence-electron chi connectivity index (χ0n) is 10.3. The Hall–Kier alpha value is -2.29. The Balaban J connectivity index is 2.38. The SMILES string of the molecule is Cc1ccc(-c2ccccc2OC(=S)N=C=O)cc1. The molecule has 0 aliphatic heterocycles. The van der Waals surface area contributed by atoms with Crippen LogP contribution in [0.3, 0.4) is 0 Å². The normalized spacial score (nSPS) is 9.53. The second kappa shape index (κ2) is 6.05. The van der Waals surface area contributed by atoms with Crippen LogP contribution in [-0.2, 0) is 4.79 Å². The van der Waals surface area contributed by atoms with E-state index in [9.17, 15) is 4.79 Å². The standard InChI is InChI=1S/C15H11NO2S/c1-11-6-8-12(9-7-11)13-4-2-3-5-14(13)18-15(19)16-10-17/h2-9H,1H3. The molecule has 0 radical (unpaired) electrons. The van der Waals surface area contributed by atoms with E-state index in [1.54, 1.807) is 6.07 Å². The molecule has 0 spiro atoms. The molecule has 0 amide bonds. The van der Waals surface area contributed by atoms with Crippen LogP contribution in [0, 0.1) is 6.92 Å². The number of thiocarbonyl (C=S) groups is 1. The second-order valence-electron chi connectivity index (χ2n) is 3.93. The quantitative estimate of drug-likeness (QED) is 0.474. The lowest BCUT2D eigenvalue weighted by Gasteiger charge is -2.09. The molecule has 2 aromatic carbocycles. The number of aryl methyl sites for hydroxylation is 1. The van der Waals surface area contributed by atoms with Gasteiger partial charge in [-0.3, -0.25) is 0 Å². The van der Waals surface area contributed by atoms with Crippen LogP contribution in [-0.4, -0.2) is 11.3 Å². The van der Waals surface area contributed by atoms with Gasteiger partial charge in [-0.1, -0.05) is 48.0 Å². The average Bonchev–Trinajstić information content (AvgIpc) is 2.41. The molecule has 0 saturated heterocycles. The molecule has 0 saturated carbocycles. The summed E-state index contributed by atoms with van der Waals surface area (Å²) in [7, 11) is 0. The van der Waals surface area contributed by atoms with Gasteiger partial charge in [0.05, 0.1) is 0 Å². The third-order valence-electron chi connectivity index (χ3n) is 2.58. The summed E-state index contributed by atoms with van der Waals surface area (Å²) in [6, 6.07) is 15.5. The highest BCUT2D eigenvalue weighted by Gasteiger charge is 2.07. The lowest BCUT2D eigenvalue weighted by molar-refractivity contribution is 0.549. The molecule has 0 unspecified atom stereocenters. The Bertz CT molecular complexity index is 643. The number of para-hydroxylation sites is 1. The van der Waals surface area contributed by atoms with Crippen LogP contribution >= 0.6 is 12.2 Å². The highest BCUT2D eigenvalue weighted by Crippen LogP contribution is 2.30. The first-order valence-electron chi connectivity index (χ1n) is 5.66. The first kappa shape index (κ1) is 13.1. The number of aliphatic imine (C=N–C) groups is 1. The van der Waals surface area contributed by atoms with Crippen molar-refractivity contribution in [3.63, 3.8) is 0 Å². The Labute approximate surface area is 116 Å². The van der Waals surface area contributed by atoms with Gasteiger partial charge < -0.3 is 4.74 Å². The molecule has 2 aromatic rings. The van der Waals surface area contributed by atoms with Crippen molar-refractivity contribution >= 4 is 23.5 Å². The van der Waals surface area contributed by atoms with Gasteiger partial charge in [0.1, 0.15) is 5.75 Å². The molecular formula is C15H11NO2S. The molecule has 0 N–H and O–H groups in total. The van der Waals surface area contributed by atoms with Crippen LogP contribution in [0.15, 0.2) is 53.5 Å². The maximum absolute atomic E-state index is 10.1. The Morgan fingerprint density at radius 1 is 1.16 bits per heavy atom. The van der Waals surface area contributed by atoms with Gasteiger partial charge in [-0.15, -0.1) is 4.99 Å². The molecule has 94 valence electrons. The van der Waals surface area contributed by atoms with E-state index in [1.807, 2.05) is 49.4 Å². The molecule has 0 atom stereocenters. The van der Waals surface area contributed by atoms with Crippen LogP contribution < -0.4 is 4.74 Å². The number of nitrogens with zero attached hydrogens (tertiary/aromatic N) is 1. The van der Waals surface area contributed by atoms with Gasteiger partial charge in [0.15, 0.2) is 0 Å². The predicted octanol–water partition coefficient (Wildman–Crippen LogP) is 3.66. The van der Waals surface area contributed by atoms with Gasteiger partial charge >= 0.3 is 0 Å². The molecule has 19 heavy (non-hydrogen) atoms. The van der Waals surface area contributed by atoms with Gasteiger partial charge in [-0.25, -0.2) is 4.79 Å². The number of benzene rings is 2. The molecule has 0 aromatic heterocycles. The van der Waals surface area contributed by atoms with Gasteiger partial charge in [0, 0.05) is 5.56 Å². The lowest BCUT2D eigenvalue weighted by atomic mass is 10.0. The largest absolute Gasteiger partial charge is 0.429 e. The number of rotatable bonds is 2. The number of isocyanates is 1. The van der Waals surface area contributed by atoms with E-state index < -0.39 is 0 Å². The fourth-order valence-corrected chi connectivity index (χ4v) is 1.81. The van der Waals surface area contributed by atoms with Crippen molar-refractivity contribution in [2.75, 3.05) is 0 Å². The summed E-state index contributed by atoms with van der Waals surface area (Å²) in [5.41, 5.74) is 3.09. The first-order valence-corrected chi connectivity index (χ1v) is 6.07. The van der Waals surface area contributed by atoms with Crippen molar-refractivity contribution in [2.24, 2.45) is 4.99 Å². The van der Waals surface area contributed by atoms with E-state index in [4.69, 9.17) is 17.0 Å². The van der Waals surface area contributed by atoms with Gasteiger partial charge in [0.2, 0.25) is 6.08 Å². The fraction of sp³-hybridized carbons (Fsp3) is 0.0667. The van der Waals surface area contributed by atoms with Crippen molar-refractivity contribution < 1.29 is 9.53 Å². The van der Waals surface area contributed by atoms with Crippen molar-refractivity contribution in [1.82, 2.24) is 0 Å². The molecule has 0 aliphatic carbocycles. The zero-order chi connectivity index (χ0) is 13.7. The number of carbonyl (C=O) groups excluding carboxylic acids is 1. The summed E-state index contributed by atoms with van der Waals surface area (Å²) in [5.74, 6) is 0.565. The monoisotopic (exact) mass is 269 g/mol. The van der Waals surface area contributed by atoms with Gasteiger partial charge in [-0.05, 0) is 30.8 Å². The molecular weight excluding hydrogens is 258 g/mol. The van der Waals surface area contributed by atoms with E-state index >= 15 is 0 Å². The van der Waals surface area contributed by atoms with Gasteiger partial charge in [0.25, 0.3) is 5.17 Å². The number of hydrogen-bond acceptors (Lipinski definition) is 3. The van der Waals surface area contributed by atoms with E-state index in [-0.39, 0.29) is 5.17 Å². The highest BCUT2D eigenvalue weighted by atomic mass is 32.1. The molecule has 4 heteroatoms. The fourth-order valence-electron chi connectivity index (χ4n) is 1.68. The van der Waals surface area contributed by atoms with E-state index in [0.29, 0.717) is 5.75 Å². The average molecular weight is 269 g/mol. The summed E-state index contributed by atoms with van der Waals surface area (Å²) in [5, 5.41) is -0.144. The molecule has 0 bridgehead atoms. The Kier molecular flexibility index (Phi) is 4.18. The maximum atomic E-state index is 10.1. The minimum atomic E-state index is -0.144. The predicted molar refractivity (Wildman–Crippen MR) is 78.0 cm³/mol. The zero-order valence-corrected chi connectivity index (χ0v) is 11.1. The highest BCUT2D eigenvalue weighted by molar-refractivity contribution is 7.80. The van der Waals surface area contributed by atoms with Crippen LogP contribution in [0.4, 0.5) is 0 Å². The van der Waals surface area contributed by atoms with Crippen LogP contribution in [0.5, 0.6) is 5.75 Å². The Morgan fingerprint density at radius 2 is 1.84 bits per heavy atom. The minimum absolute atomic E-state index is 0.144. The lowest BCUT2D eigenvalue weighted by Crippen LogP contribution is -2.02. The third kappa shape index (κ3) is 3.35. The third-order valence-corrected chi connectivity index (χ3v) is 2.76. The Morgan fingerprint density at radius 3 is 2.53 bits per heavy atom. The van der Waals surface area contributed by atoms with Gasteiger partial charge in [-0.2, -0.15) is 0 Å². The topological polar surface area (TPSA) is 38.7 Å². The van der Waals surface area contributed by atoms with E-state index in [1.165, 1.54) is 11.6 Å². The van der Waals surface area contributed by atoms with E-state index in [0.717, 1.165) is 11.1 Å². The van der Waals surface area contributed by atoms with Crippen LogP contribution in [0.1, 0.15) is 5.56 Å². The van der Waals surface area contributed by atoms with Crippen LogP contribution in [0.2, 0.25) is 0 Å². The molecule has 3 nitrogen and oxygen atoms in total. The van der Waals surface area contributed by atoms with Crippen molar-refractivity contribution in [3.8, 4) is 16.9 Å². The van der Waals surface area contributed by atoms with Crippen molar-refractivity contribution in [3.05, 3.63) is 54.1 Å². The van der Waals surface area contributed by atoms with Crippen LogP contribution in [0.25, 0.3) is 11.1 Å². The maximum Gasteiger partial charge on any atom is 0.300 e. The summed E-state index contributed by atoms with van der Waals surface area (Å²) in [6.45, 7) is 2.03. The number of hydrogen-bond donors (Lipinski definition) is 0. The summed E-state index contributed by atoms with van der Waals surface area (Å²) in [6.07, 6.45) is 1.36. The van der Waals surface area contributed by atoms with Crippen molar-refractivity contribution in [1.29, 1.82) is 0 Å². The summed E-state index contributed by atoms with van der Waals surface area (Å²) in [4.78, 5) is 13.4. The number of ether oxygens (including phenoxy) is 1. The second-order valence-corrected chi connectivity index (χ2v) is 4.28. The van der Waals surface area contributed by atoms with E-state index in [2.05, 4.69) is 4.99 Å². The molecule has 0 heterocycles. The first-order chi connectivity index (χ1) is 9.20. The minimum Gasteiger partial charge on any atom is -0.429 e. The van der Waals surface area contributed by atoms with Crippen molar-refractivity contribution in [2.45, 2.75) is 6.92 Å². The smallest absolute Gasteiger partial charge is 0.300 e. The summed E-state index contributed by atoms with van der Waals surface area (Å²) >= 11 is 4.81. The molecule has 0 fully saturated rings. The molecule has 0 aliphatic rings. The molecule has 2 rings (SSSR count).